The van der Waals surface area contributed by atoms with Crippen molar-refractivity contribution >= 4 is 11.9 Å². The number of halogens is 3. The maximum absolute atomic E-state index is 12.2. The van der Waals surface area contributed by atoms with Crippen molar-refractivity contribution in [3.63, 3.8) is 0 Å². The van der Waals surface area contributed by atoms with E-state index in [9.17, 15) is 22.8 Å². The van der Waals surface area contributed by atoms with Crippen molar-refractivity contribution in [2.24, 2.45) is 5.41 Å². The number of rotatable bonds is 2. The lowest BCUT2D eigenvalue weighted by atomic mass is 9.84. The summed E-state index contributed by atoms with van der Waals surface area (Å²) in [6, 6.07) is 0. The fourth-order valence-electron chi connectivity index (χ4n) is 1.81. The van der Waals surface area contributed by atoms with E-state index in [2.05, 4.69) is 5.92 Å². The lowest BCUT2D eigenvalue weighted by molar-refractivity contribution is -0.185. The number of alkyl halides is 3. The second kappa shape index (κ2) is 4.28. The normalized spacial score (nSPS) is 24.5. The first kappa shape index (κ1) is 13.4. The van der Waals surface area contributed by atoms with E-state index < -0.39 is 30.0 Å². The third-order valence-corrected chi connectivity index (χ3v) is 2.78. The molecule has 1 amide bonds. The summed E-state index contributed by atoms with van der Waals surface area (Å²) in [5.41, 5.74) is -1.45. The molecular weight excluding hydrogens is 239 g/mol. The number of terminal acetylenes is 1. The summed E-state index contributed by atoms with van der Waals surface area (Å²) in [5, 5.41) is 8.98. The van der Waals surface area contributed by atoms with Crippen LogP contribution in [0.25, 0.3) is 0 Å². The number of likely N-dealkylation sites (tertiary alicyclic amines) is 1. The average molecular weight is 249 g/mol. The smallest absolute Gasteiger partial charge is 0.471 e. The molecule has 1 aliphatic rings. The molecule has 1 atom stereocenters. The van der Waals surface area contributed by atoms with E-state index in [0.29, 0.717) is 4.90 Å². The van der Waals surface area contributed by atoms with Gasteiger partial charge in [-0.2, -0.15) is 13.2 Å². The van der Waals surface area contributed by atoms with Crippen LogP contribution in [0.5, 0.6) is 0 Å². The molecule has 4 nitrogen and oxygen atoms in total. The topological polar surface area (TPSA) is 57.6 Å². The van der Waals surface area contributed by atoms with Crippen LogP contribution in [0.4, 0.5) is 13.2 Å². The molecule has 0 aliphatic carbocycles. The summed E-state index contributed by atoms with van der Waals surface area (Å²) in [4.78, 5) is 22.4. The second-order valence-corrected chi connectivity index (χ2v) is 3.94. The Morgan fingerprint density at radius 1 is 1.47 bits per heavy atom. The van der Waals surface area contributed by atoms with Crippen molar-refractivity contribution in [2.45, 2.75) is 19.0 Å². The molecule has 0 aromatic heterocycles. The number of carbonyl (C=O) groups excluding carboxylic acids is 1. The van der Waals surface area contributed by atoms with E-state index in [1.807, 2.05) is 0 Å². The summed E-state index contributed by atoms with van der Waals surface area (Å²) in [5.74, 6) is -1.16. The van der Waals surface area contributed by atoms with Gasteiger partial charge in [0.15, 0.2) is 0 Å². The van der Waals surface area contributed by atoms with E-state index in [1.54, 1.807) is 0 Å². The summed E-state index contributed by atoms with van der Waals surface area (Å²) >= 11 is 0. The van der Waals surface area contributed by atoms with Gasteiger partial charge < -0.3 is 10.0 Å². The highest BCUT2D eigenvalue weighted by Crippen LogP contribution is 2.35. The van der Waals surface area contributed by atoms with Crippen molar-refractivity contribution in [2.75, 3.05) is 13.1 Å². The number of hydrogen-bond donors (Lipinski definition) is 1. The summed E-state index contributed by atoms with van der Waals surface area (Å²) in [6.45, 7) is -0.739. The van der Waals surface area contributed by atoms with Gasteiger partial charge >= 0.3 is 18.1 Å². The van der Waals surface area contributed by atoms with E-state index in [0.717, 1.165) is 0 Å². The molecule has 0 aromatic carbocycles. The third kappa shape index (κ3) is 2.52. The Balaban J connectivity index is 2.85. The summed E-state index contributed by atoms with van der Waals surface area (Å²) < 4.78 is 36.5. The van der Waals surface area contributed by atoms with Gasteiger partial charge in [0.05, 0.1) is 5.41 Å². The highest BCUT2D eigenvalue weighted by atomic mass is 19.4. The molecule has 0 radical (unpaired) electrons. The van der Waals surface area contributed by atoms with Crippen molar-refractivity contribution in [1.29, 1.82) is 0 Å². The van der Waals surface area contributed by atoms with Gasteiger partial charge in [0.1, 0.15) is 0 Å². The first-order chi connectivity index (χ1) is 7.73. The van der Waals surface area contributed by atoms with Crippen molar-refractivity contribution in [3.05, 3.63) is 0 Å². The van der Waals surface area contributed by atoms with Gasteiger partial charge in [0.25, 0.3) is 0 Å². The molecule has 0 saturated carbocycles. The molecule has 1 rings (SSSR count). The molecule has 1 N–H and O–H groups in total. The van der Waals surface area contributed by atoms with Crippen LogP contribution < -0.4 is 0 Å². The minimum Gasteiger partial charge on any atom is -0.481 e. The number of amides is 1. The highest BCUT2D eigenvalue weighted by molar-refractivity contribution is 5.84. The fourth-order valence-corrected chi connectivity index (χ4v) is 1.81. The van der Waals surface area contributed by atoms with Gasteiger partial charge in [-0.25, -0.2) is 0 Å². The number of carboxylic acid groups (broad SMARTS) is 1. The maximum atomic E-state index is 12.2. The molecule has 0 bridgehead atoms. The van der Waals surface area contributed by atoms with E-state index >= 15 is 0 Å². The van der Waals surface area contributed by atoms with Crippen LogP contribution in [0, 0.1) is 17.8 Å². The first-order valence-corrected chi connectivity index (χ1v) is 4.76. The number of carboxylic acids is 1. The van der Waals surface area contributed by atoms with Crippen LogP contribution in [0.3, 0.4) is 0 Å². The van der Waals surface area contributed by atoms with Crippen molar-refractivity contribution < 1.29 is 27.9 Å². The van der Waals surface area contributed by atoms with E-state index in [1.165, 1.54) is 0 Å². The van der Waals surface area contributed by atoms with Gasteiger partial charge in [0, 0.05) is 19.5 Å². The Labute approximate surface area is 95.4 Å². The Bertz CT molecular complexity index is 385. The summed E-state index contributed by atoms with van der Waals surface area (Å²) in [7, 11) is 0. The van der Waals surface area contributed by atoms with Crippen LogP contribution >= 0.6 is 0 Å². The lowest BCUT2D eigenvalue weighted by Crippen LogP contribution is -2.42. The quantitative estimate of drug-likeness (QED) is 0.739. The number of hydrogen-bond acceptors (Lipinski definition) is 2. The third-order valence-electron chi connectivity index (χ3n) is 2.78. The molecule has 0 spiro atoms. The lowest BCUT2D eigenvalue weighted by Gasteiger charge is -2.23. The Hall–Kier alpha value is -1.71. The molecule has 1 heterocycles. The second-order valence-electron chi connectivity index (χ2n) is 3.94. The number of carbonyl (C=O) groups is 2. The van der Waals surface area contributed by atoms with Gasteiger partial charge in [-0.05, 0) is 6.42 Å². The predicted octanol–water partition coefficient (Wildman–Crippen LogP) is 0.875. The maximum Gasteiger partial charge on any atom is 0.471 e. The van der Waals surface area contributed by atoms with Crippen LogP contribution in [0.2, 0.25) is 0 Å². The summed E-state index contributed by atoms with van der Waals surface area (Å²) in [6.07, 6.45) is -0.233. The van der Waals surface area contributed by atoms with Crippen LogP contribution in [0.15, 0.2) is 0 Å². The highest BCUT2D eigenvalue weighted by Gasteiger charge is 2.51. The minimum absolute atomic E-state index is 0.0612. The van der Waals surface area contributed by atoms with Crippen LogP contribution in [-0.4, -0.2) is 41.1 Å². The van der Waals surface area contributed by atoms with Crippen LogP contribution in [0.1, 0.15) is 12.8 Å². The van der Waals surface area contributed by atoms with Gasteiger partial charge in [-0.15, -0.1) is 12.3 Å². The molecule has 1 saturated heterocycles. The van der Waals surface area contributed by atoms with Gasteiger partial charge in [-0.1, -0.05) is 0 Å². The minimum atomic E-state index is -4.98. The molecule has 1 aliphatic heterocycles. The monoisotopic (exact) mass is 249 g/mol. The largest absolute Gasteiger partial charge is 0.481 e. The first-order valence-electron chi connectivity index (χ1n) is 4.76. The Kier molecular flexibility index (Phi) is 3.36. The fraction of sp³-hybridized carbons (Fsp3) is 0.600. The predicted molar refractivity (Wildman–Crippen MR) is 50.8 cm³/mol. The Morgan fingerprint density at radius 3 is 2.47 bits per heavy atom. The van der Waals surface area contributed by atoms with Gasteiger partial charge in [0.2, 0.25) is 0 Å². The molecule has 1 fully saturated rings. The van der Waals surface area contributed by atoms with Crippen molar-refractivity contribution in [3.8, 4) is 12.3 Å². The molecule has 1 unspecified atom stereocenters. The molecule has 0 aromatic rings. The zero-order chi connectivity index (χ0) is 13.3. The molecule has 17 heavy (non-hydrogen) atoms. The zero-order valence-electron chi connectivity index (χ0n) is 8.75. The van der Waals surface area contributed by atoms with E-state index in [4.69, 9.17) is 11.5 Å². The Morgan fingerprint density at radius 2 is 2.06 bits per heavy atom. The SMILES string of the molecule is C#CCC1(C(=O)O)CCN(C(=O)C(F)(F)F)C1. The number of aliphatic carboxylic acids is 1. The average Bonchev–Trinajstić information content (AvgIpc) is 2.61. The molecule has 94 valence electrons. The standard InChI is InChI=1S/C10H10F3NO3/c1-2-3-9(8(16)17)4-5-14(6-9)7(15)10(11,12)13/h1H,3-6H2,(H,16,17). The van der Waals surface area contributed by atoms with Crippen LogP contribution in [-0.2, 0) is 9.59 Å². The van der Waals surface area contributed by atoms with Crippen molar-refractivity contribution in [1.82, 2.24) is 4.90 Å². The van der Waals surface area contributed by atoms with E-state index in [-0.39, 0.29) is 19.4 Å². The molecule has 7 heteroatoms. The number of nitrogens with zero attached hydrogens (tertiary/aromatic N) is 1. The van der Waals surface area contributed by atoms with Gasteiger partial charge in [-0.3, -0.25) is 9.59 Å². The zero-order valence-corrected chi connectivity index (χ0v) is 8.75. The molecular formula is C10H10F3NO3.